The molecule has 0 aliphatic carbocycles. The minimum atomic E-state index is -0.400. The predicted molar refractivity (Wildman–Crippen MR) is 77.8 cm³/mol. The molecule has 6 heteroatoms. The highest BCUT2D eigenvalue weighted by Gasteiger charge is 2.09. The normalized spacial score (nSPS) is 10.3. The number of hydrogen-bond acceptors (Lipinski definition) is 4. The second kappa shape index (κ2) is 6.00. The minimum absolute atomic E-state index is 0.158. The fourth-order valence-corrected chi connectivity index (χ4v) is 2.23. The van der Waals surface area contributed by atoms with E-state index in [-0.39, 0.29) is 5.56 Å². The molecule has 0 fully saturated rings. The molecule has 2 aromatic rings. The molecule has 20 heavy (non-hydrogen) atoms. The number of carbonyl (C=O) groups is 1. The number of nitrogens with zero attached hydrogens (tertiary/aromatic N) is 2. The molecule has 1 heterocycles. The number of aryl methyl sites for hydroxylation is 1. The first-order chi connectivity index (χ1) is 9.51. The van der Waals surface area contributed by atoms with Gasteiger partial charge in [-0.05, 0) is 30.2 Å². The van der Waals surface area contributed by atoms with E-state index in [1.165, 1.54) is 17.9 Å². The van der Waals surface area contributed by atoms with Gasteiger partial charge in [-0.2, -0.15) is 5.10 Å². The summed E-state index contributed by atoms with van der Waals surface area (Å²) in [5.74, 6) is -0.400. The molecule has 0 atom stereocenters. The molecule has 0 aliphatic heterocycles. The molecule has 0 saturated carbocycles. The quantitative estimate of drug-likeness (QED) is 0.806. The van der Waals surface area contributed by atoms with Crippen LogP contribution >= 0.6 is 15.9 Å². The summed E-state index contributed by atoms with van der Waals surface area (Å²) in [4.78, 5) is 23.2. The number of esters is 1. The summed E-state index contributed by atoms with van der Waals surface area (Å²) in [5, 5.41) is 4.08. The molecule has 0 amide bonds. The van der Waals surface area contributed by atoms with Crippen molar-refractivity contribution in [3.8, 4) is 0 Å². The van der Waals surface area contributed by atoms with Crippen LogP contribution in [0.25, 0.3) is 0 Å². The van der Waals surface area contributed by atoms with E-state index in [1.807, 2.05) is 6.92 Å². The molecule has 0 unspecified atom stereocenters. The SMILES string of the molecule is COC(=O)c1ccc(Cn2ncc(C)cc2=O)c(Br)c1. The van der Waals surface area contributed by atoms with Crippen LogP contribution in [0.15, 0.2) is 39.7 Å². The zero-order chi connectivity index (χ0) is 14.7. The smallest absolute Gasteiger partial charge is 0.337 e. The van der Waals surface area contributed by atoms with E-state index in [4.69, 9.17) is 0 Å². The largest absolute Gasteiger partial charge is 0.465 e. The summed E-state index contributed by atoms with van der Waals surface area (Å²) in [6.07, 6.45) is 1.64. The maximum Gasteiger partial charge on any atom is 0.337 e. The third kappa shape index (κ3) is 3.14. The second-order valence-electron chi connectivity index (χ2n) is 4.33. The third-order valence-corrected chi connectivity index (χ3v) is 3.54. The molecule has 2 rings (SSSR count). The van der Waals surface area contributed by atoms with E-state index in [2.05, 4.69) is 25.8 Å². The van der Waals surface area contributed by atoms with E-state index in [0.29, 0.717) is 12.1 Å². The lowest BCUT2D eigenvalue weighted by atomic mass is 10.1. The monoisotopic (exact) mass is 336 g/mol. The van der Waals surface area contributed by atoms with Crippen LogP contribution < -0.4 is 5.56 Å². The van der Waals surface area contributed by atoms with Gasteiger partial charge in [0.1, 0.15) is 0 Å². The lowest BCUT2D eigenvalue weighted by Crippen LogP contribution is -2.22. The van der Waals surface area contributed by atoms with Crippen molar-refractivity contribution >= 4 is 21.9 Å². The van der Waals surface area contributed by atoms with Crippen molar-refractivity contribution in [3.63, 3.8) is 0 Å². The zero-order valence-electron chi connectivity index (χ0n) is 11.1. The molecular formula is C14H13BrN2O3. The number of hydrogen-bond donors (Lipinski definition) is 0. The average Bonchev–Trinajstić information content (AvgIpc) is 2.42. The van der Waals surface area contributed by atoms with Crippen molar-refractivity contribution in [2.45, 2.75) is 13.5 Å². The van der Waals surface area contributed by atoms with Crippen molar-refractivity contribution in [2.24, 2.45) is 0 Å². The van der Waals surface area contributed by atoms with E-state index in [0.717, 1.165) is 15.6 Å². The summed E-state index contributed by atoms with van der Waals surface area (Å²) >= 11 is 3.39. The molecular weight excluding hydrogens is 324 g/mol. The van der Waals surface area contributed by atoms with Crippen molar-refractivity contribution in [3.05, 3.63) is 62.0 Å². The van der Waals surface area contributed by atoms with Gasteiger partial charge in [-0.25, -0.2) is 9.48 Å². The van der Waals surface area contributed by atoms with E-state index in [1.54, 1.807) is 24.4 Å². The van der Waals surface area contributed by atoms with Gasteiger partial charge in [0.05, 0.1) is 25.4 Å². The van der Waals surface area contributed by atoms with Crippen LogP contribution in [0.2, 0.25) is 0 Å². The Bertz CT molecular complexity index is 710. The fourth-order valence-electron chi connectivity index (χ4n) is 1.72. The standard InChI is InChI=1S/C14H13BrN2O3/c1-9-5-13(18)17(16-7-9)8-11-4-3-10(6-12(11)15)14(19)20-2/h3-7H,8H2,1-2H3. The lowest BCUT2D eigenvalue weighted by molar-refractivity contribution is 0.0600. The zero-order valence-corrected chi connectivity index (χ0v) is 12.7. The Labute approximate surface area is 124 Å². The van der Waals surface area contributed by atoms with Gasteiger partial charge in [-0.1, -0.05) is 22.0 Å². The molecule has 0 aliphatic rings. The Balaban J connectivity index is 2.30. The molecule has 0 saturated heterocycles. The van der Waals surface area contributed by atoms with Gasteiger partial charge in [0.2, 0.25) is 0 Å². The number of ether oxygens (including phenoxy) is 1. The molecule has 0 bridgehead atoms. The van der Waals surface area contributed by atoms with Crippen molar-refractivity contribution in [1.29, 1.82) is 0 Å². The highest BCUT2D eigenvalue weighted by atomic mass is 79.9. The van der Waals surface area contributed by atoms with Gasteiger partial charge in [0, 0.05) is 10.5 Å². The summed E-state index contributed by atoms with van der Waals surface area (Å²) in [6.45, 7) is 2.15. The van der Waals surface area contributed by atoms with Crippen LogP contribution in [0, 0.1) is 6.92 Å². The van der Waals surface area contributed by atoms with Gasteiger partial charge in [0.15, 0.2) is 0 Å². The lowest BCUT2D eigenvalue weighted by Gasteiger charge is -2.08. The van der Waals surface area contributed by atoms with E-state index >= 15 is 0 Å². The first kappa shape index (κ1) is 14.5. The maximum absolute atomic E-state index is 11.8. The van der Waals surface area contributed by atoms with Gasteiger partial charge >= 0.3 is 5.97 Å². The molecule has 1 aromatic heterocycles. The van der Waals surface area contributed by atoms with Crippen molar-refractivity contribution in [2.75, 3.05) is 7.11 Å². The fraction of sp³-hybridized carbons (Fsp3) is 0.214. The molecule has 0 radical (unpaired) electrons. The topological polar surface area (TPSA) is 61.2 Å². The summed E-state index contributed by atoms with van der Waals surface area (Å²) in [7, 11) is 1.33. The molecule has 1 aromatic carbocycles. The summed E-state index contributed by atoms with van der Waals surface area (Å²) in [6, 6.07) is 6.62. The van der Waals surface area contributed by atoms with Gasteiger partial charge < -0.3 is 4.74 Å². The number of aromatic nitrogens is 2. The third-order valence-electron chi connectivity index (χ3n) is 2.80. The number of benzene rings is 1. The van der Waals surface area contributed by atoms with E-state index in [9.17, 15) is 9.59 Å². The number of rotatable bonds is 3. The summed E-state index contributed by atoms with van der Waals surface area (Å²) < 4.78 is 6.75. The Morgan fingerprint density at radius 2 is 2.15 bits per heavy atom. The van der Waals surface area contributed by atoms with E-state index < -0.39 is 5.97 Å². The number of carbonyl (C=O) groups excluding carboxylic acids is 1. The maximum atomic E-state index is 11.8. The minimum Gasteiger partial charge on any atom is -0.465 e. The van der Waals surface area contributed by atoms with Gasteiger partial charge in [-0.3, -0.25) is 4.79 Å². The van der Waals surface area contributed by atoms with Crippen LogP contribution in [0.4, 0.5) is 0 Å². The molecule has 5 nitrogen and oxygen atoms in total. The van der Waals surface area contributed by atoms with Crippen LogP contribution in [0.3, 0.4) is 0 Å². The Kier molecular flexibility index (Phi) is 4.34. The second-order valence-corrected chi connectivity index (χ2v) is 5.18. The molecule has 104 valence electrons. The Morgan fingerprint density at radius 3 is 2.75 bits per heavy atom. The first-order valence-corrected chi connectivity index (χ1v) is 6.71. The van der Waals surface area contributed by atoms with Crippen LogP contribution in [0.5, 0.6) is 0 Å². The van der Waals surface area contributed by atoms with Crippen LogP contribution in [-0.2, 0) is 11.3 Å². The van der Waals surface area contributed by atoms with Crippen molar-refractivity contribution in [1.82, 2.24) is 9.78 Å². The predicted octanol–water partition coefficient (Wildman–Crippen LogP) is 2.15. The summed E-state index contributed by atoms with van der Waals surface area (Å²) in [5.41, 5.74) is 1.98. The average molecular weight is 337 g/mol. The first-order valence-electron chi connectivity index (χ1n) is 5.92. The molecule has 0 spiro atoms. The number of halogens is 1. The van der Waals surface area contributed by atoms with Crippen molar-refractivity contribution < 1.29 is 9.53 Å². The van der Waals surface area contributed by atoms with Gasteiger partial charge in [-0.15, -0.1) is 0 Å². The Morgan fingerprint density at radius 1 is 1.40 bits per heavy atom. The van der Waals surface area contributed by atoms with Crippen LogP contribution in [-0.4, -0.2) is 22.9 Å². The van der Waals surface area contributed by atoms with Gasteiger partial charge in [0.25, 0.3) is 5.56 Å². The highest BCUT2D eigenvalue weighted by molar-refractivity contribution is 9.10. The Hall–Kier alpha value is -1.95. The number of methoxy groups -OCH3 is 1. The molecule has 0 N–H and O–H groups in total. The van der Waals surface area contributed by atoms with Crippen LogP contribution in [0.1, 0.15) is 21.5 Å². The highest BCUT2D eigenvalue weighted by Crippen LogP contribution is 2.19.